The first-order chi connectivity index (χ1) is 14.3. The van der Waals surface area contributed by atoms with E-state index in [9.17, 15) is 14.4 Å². The number of nitrogens with one attached hydrogen (secondary N) is 1. The second kappa shape index (κ2) is 8.69. The van der Waals surface area contributed by atoms with Gasteiger partial charge in [0.25, 0.3) is 5.91 Å². The number of rotatable bonds is 7. The van der Waals surface area contributed by atoms with Gasteiger partial charge in [0.1, 0.15) is 5.76 Å². The number of amides is 2. The summed E-state index contributed by atoms with van der Waals surface area (Å²) in [5.74, 6) is -0.855. The molecule has 0 spiro atoms. The Morgan fingerprint density at radius 2 is 1.87 bits per heavy atom. The van der Waals surface area contributed by atoms with Gasteiger partial charge in [0.05, 0.1) is 18.4 Å². The number of anilines is 1. The van der Waals surface area contributed by atoms with Crippen LogP contribution in [0.2, 0.25) is 0 Å². The molecule has 0 aliphatic carbocycles. The van der Waals surface area contributed by atoms with Gasteiger partial charge in [-0.2, -0.15) is 0 Å². The molecule has 156 valence electrons. The highest BCUT2D eigenvalue weighted by molar-refractivity contribution is 5.98. The summed E-state index contributed by atoms with van der Waals surface area (Å²) in [5, 5.41) is 2.64. The third kappa shape index (κ3) is 4.60. The van der Waals surface area contributed by atoms with Gasteiger partial charge in [-0.3, -0.25) is 9.59 Å². The standard InChI is InChI=1S/C22H23N3O5/c1-13-11-19(14(2)25(13)12-18-5-4-10-29-18)22(28)30-15(3)21(27)24-17-8-6-16(7-9-17)20(23)26/h4-11,15H,12H2,1-3H3,(H2,23,26)(H,24,27). The lowest BCUT2D eigenvalue weighted by atomic mass is 10.2. The van der Waals surface area contributed by atoms with Crippen LogP contribution in [0.15, 0.2) is 53.1 Å². The fraction of sp³-hybridized carbons (Fsp3) is 0.227. The summed E-state index contributed by atoms with van der Waals surface area (Å²) in [6, 6.07) is 11.5. The van der Waals surface area contributed by atoms with E-state index in [2.05, 4.69) is 5.32 Å². The minimum atomic E-state index is -1.01. The van der Waals surface area contributed by atoms with Crippen molar-refractivity contribution >= 4 is 23.5 Å². The molecule has 8 heteroatoms. The maximum absolute atomic E-state index is 12.6. The Labute approximate surface area is 173 Å². The molecule has 3 N–H and O–H groups in total. The van der Waals surface area contributed by atoms with Crippen molar-refractivity contribution in [3.63, 3.8) is 0 Å². The molecule has 3 rings (SSSR count). The van der Waals surface area contributed by atoms with Crippen molar-refractivity contribution in [1.29, 1.82) is 0 Å². The minimum Gasteiger partial charge on any atom is -0.467 e. The topological polar surface area (TPSA) is 117 Å². The lowest BCUT2D eigenvalue weighted by Gasteiger charge is -2.14. The van der Waals surface area contributed by atoms with Gasteiger partial charge in [-0.1, -0.05) is 0 Å². The molecule has 0 radical (unpaired) electrons. The van der Waals surface area contributed by atoms with Gasteiger partial charge in [-0.25, -0.2) is 4.79 Å². The van der Waals surface area contributed by atoms with Gasteiger partial charge in [-0.05, 0) is 63.2 Å². The van der Waals surface area contributed by atoms with Crippen LogP contribution in [-0.4, -0.2) is 28.5 Å². The molecule has 2 aromatic heterocycles. The lowest BCUT2D eigenvalue weighted by Crippen LogP contribution is -2.30. The van der Waals surface area contributed by atoms with Crippen molar-refractivity contribution in [1.82, 2.24) is 4.57 Å². The van der Waals surface area contributed by atoms with Gasteiger partial charge >= 0.3 is 5.97 Å². The number of nitrogens with zero attached hydrogens (tertiary/aromatic N) is 1. The average molecular weight is 409 g/mol. The minimum absolute atomic E-state index is 0.331. The summed E-state index contributed by atoms with van der Waals surface area (Å²) in [7, 11) is 0. The van der Waals surface area contributed by atoms with E-state index in [1.807, 2.05) is 24.5 Å². The van der Waals surface area contributed by atoms with Crippen molar-refractivity contribution in [2.24, 2.45) is 5.73 Å². The first-order valence-electron chi connectivity index (χ1n) is 9.37. The number of aryl methyl sites for hydroxylation is 1. The Hall–Kier alpha value is -3.81. The van der Waals surface area contributed by atoms with E-state index in [0.29, 0.717) is 23.4 Å². The van der Waals surface area contributed by atoms with Crippen LogP contribution in [-0.2, 0) is 16.1 Å². The van der Waals surface area contributed by atoms with Crippen LogP contribution >= 0.6 is 0 Å². The van der Waals surface area contributed by atoms with Crippen LogP contribution in [0.5, 0.6) is 0 Å². The monoisotopic (exact) mass is 409 g/mol. The molecule has 0 aliphatic rings. The van der Waals surface area contributed by atoms with Gasteiger partial charge in [-0.15, -0.1) is 0 Å². The van der Waals surface area contributed by atoms with E-state index in [1.165, 1.54) is 19.1 Å². The summed E-state index contributed by atoms with van der Waals surface area (Å²) in [6.07, 6.45) is 0.585. The molecule has 30 heavy (non-hydrogen) atoms. The number of ether oxygens (including phenoxy) is 1. The van der Waals surface area contributed by atoms with E-state index in [1.54, 1.807) is 30.5 Å². The molecule has 0 saturated heterocycles. The molecular formula is C22H23N3O5. The van der Waals surface area contributed by atoms with Crippen molar-refractivity contribution in [3.05, 3.63) is 77.0 Å². The first kappa shape index (κ1) is 20.9. The van der Waals surface area contributed by atoms with Crippen LogP contribution in [0.1, 0.15) is 44.8 Å². The molecule has 1 aromatic carbocycles. The largest absolute Gasteiger partial charge is 0.467 e. The second-order valence-electron chi connectivity index (χ2n) is 6.93. The highest BCUT2D eigenvalue weighted by Gasteiger charge is 2.23. The van der Waals surface area contributed by atoms with Crippen LogP contribution in [0, 0.1) is 13.8 Å². The maximum Gasteiger partial charge on any atom is 0.340 e. The quantitative estimate of drug-likeness (QED) is 0.582. The maximum atomic E-state index is 12.6. The SMILES string of the molecule is Cc1cc(C(=O)OC(C)C(=O)Nc2ccc(C(N)=O)cc2)c(C)n1Cc1ccco1. The molecule has 0 fully saturated rings. The number of hydrogen-bond donors (Lipinski definition) is 2. The number of primary amides is 1. The zero-order valence-corrected chi connectivity index (χ0v) is 17.0. The number of aromatic nitrogens is 1. The summed E-state index contributed by atoms with van der Waals surface area (Å²) >= 11 is 0. The van der Waals surface area contributed by atoms with Crippen LogP contribution < -0.4 is 11.1 Å². The van der Waals surface area contributed by atoms with Crippen LogP contribution in [0.25, 0.3) is 0 Å². The Morgan fingerprint density at radius 1 is 1.17 bits per heavy atom. The number of nitrogens with two attached hydrogens (primary N) is 1. The molecule has 8 nitrogen and oxygen atoms in total. The van der Waals surface area contributed by atoms with Crippen molar-refractivity contribution in [2.45, 2.75) is 33.4 Å². The summed E-state index contributed by atoms with van der Waals surface area (Å²) in [4.78, 5) is 36.1. The molecule has 2 amide bonds. The number of benzene rings is 1. The highest BCUT2D eigenvalue weighted by Crippen LogP contribution is 2.19. The molecule has 1 atom stereocenters. The predicted molar refractivity (Wildman–Crippen MR) is 110 cm³/mol. The Bertz CT molecular complexity index is 1070. The normalized spacial score (nSPS) is 11.7. The smallest absolute Gasteiger partial charge is 0.340 e. The number of carbonyl (C=O) groups is 3. The second-order valence-corrected chi connectivity index (χ2v) is 6.93. The zero-order chi connectivity index (χ0) is 21.8. The number of carbonyl (C=O) groups excluding carboxylic acids is 3. The average Bonchev–Trinajstić information content (AvgIpc) is 3.32. The molecular weight excluding hydrogens is 386 g/mol. The van der Waals surface area contributed by atoms with Gasteiger partial charge in [0, 0.05) is 22.6 Å². The van der Waals surface area contributed by atoms with Crippen LogP contribution in [0.4, 0.5) is 5.69 Å². The zero-order valence-electron chi connectivity index (χ0n) is 17.0. The number of esters is 1. The lowest BCUT2D eigenvalue weighted by molar-refractivity contribution is -0.123. The molecule has 0 aliphatic heterocycles. The van der Waals surface area contributed by atoms with Gasteiger partial charge < -0.3 is 24.8 Å². The van der Waals surface area contributed by atoms with Gasteiger partial charge in [0.15, 0.2) is 6.10 Å². The van der Waals surface area contributed by atoms with E-state index < -0.39 is 23.9 Å². The number of furan rings is 1. The Balaban J connectivity index is 1.65. The fourth-order valence-corrected chi connectivity index (χ4v) is 3.05. The molecule has 3 aromatic rings. The number of hydrogen-bond acceptors (Lipinski definition) is 5. The Morgan fingerprint density at radius 3 is 2.47 bits per heavy atom. The van der Waals surface area contributed by atoms with Crippen molar-refractivity contribution in [2.75, 3.05) is 5.32 Å². The van der Waals surface area contributed by atoms with E-state index in [-0.39, 0.29) is 0 Å². The highest BCUT2D eigenvalue weighted by atomic mass is 16.5. The molecule has 2 heterocycles. The molecule has 0 bridgehead atoms. The third-order valence-electron chi connectivity index (χ3n) is 4.78. The summed E-state index contributed by atoms with van der Waals surface area (Å²) in [5.41, 5.74) is 7.98. The summed E-state index contributed by atoms with van der Waals surface area (Å²) in [6.45, 7) is 5.69. The molecule has 1 unspecified atom stereocenters. The Kier molecular flexibility index (Phi) is 6.06. The fourth-order valence-electron chi connectivity index (χ4n) is 3.05. The van der Waals surface area contributed by atoms with Crippen molar-refractivity contribution < 1.29 is 23.5 Å². The molecule has 0 saturated carbocycles. The van der Waals surface area contributed by atoms with Crippen LogP contribution in [0.3, 0.4) is 0 Å². The predicted octanol–water partition coefficient (Wildman–Crippen LogP) is 3.03. The third-order valence-corrected chi connectivity index (χ3v) is 4.78. The van der Waals surface area contributed by atoms with E-state index >= 15 is 0 Å². The summed E-state index contributed by atoms with van der Waals surface area (Å²) < 4.78 is 12.7. The van der Waals surface area contributed by atoms with Crippen molar-refractivity contribution in [3.8, 4) is 0 Å². The van der Waals surface area contributed by atoms with E-state index in [0.717, 1.165) is 17.1 Å². The van der Waals surface area contributed by atoms with E-state index in [4.69, 9.17) is 14.9 Å². The first-order valence-corrected chi connectivity index (χ1v) is 9.37. The van der Waals surface area contributed by atoms with Gasteiger partial charge in [0.2, 0.25) is 5.91 Å².